The van der Waals surface area contributed by atoms with Crippen LogP contribution in [0.15, 0.2) is 24.4 Å². The first-order valence-electron chi connectivity index (χ1n) is 6.07. The second-order valence-electron chi connectivity index (χ2n) is 4.34. The van der Waals surface area contributed by atoms with Gasteiger partial charge in [-0.3, -0.25) is 4.98 Å². The lowest BCUT2D eigenvalue weighted by Crippen LogP contribution is -2.06. The first kappa shape index (κ1) is 11.6. The molecule has 1 aliphatic rings. The van der Waals surface area contributed by atoms with Crippen LogP contribution in [0.3, 0.4) is 0 Å². The second kappa shape index (κ2) is 5.97. The summed E-state index contributed by atoms with van der Waals surface area (Å²) in [4.78, 5) is 4.15. The average Bonchev–Trinajstić information content (AvgIpc) is 2.83. The molecule has 1 N–H and O–H groups in total. The Hall–Kier alpha value is -0.930. The third kappa shape index (κ3) is 3.29. The summed E-state index contributed by atoms with van der Waals surface area (Å²) in [6, 6.07) is 5.64. The first-order valence-corrected chi connectivity index (χ1v) is 6.07. The Morgan fingerprint density at radius 2 is 2.44 bits per heavy atom. The van der Waals surface area contributed by atoms with E-state index in [-0.39, 0.29) is 0 Å². The largest absolute Gasteiger partial charge is 0.387 e. The van der Waals surface area contributed by atoms with Gasteiger partial charge in [-0.15, -0.1) is 0 Å². The van der Waals surface area contributed by atoms with Crippen molar-refractivity contribution < 1.29 is 9.84 Å². The van der Waals surface area contributed by atoms with Gasteiger partial charge < -0.3 is 9.84 Å². The molecular formula is C13H19NO2. The summed E-state index contributed by atoms with van der Waals surface area (Å²) < 4.78 is 5.54. The zero-order chi connectivity index (χ0) is 11.2. The maximum Gasteiger partial charge on any atom is 0.0959 e. The summed E-state index contributed by atoms with van der Waals surface area (Å²) in [7, 11) is 0. The summed E-state index contributed by atoms with van der Waals surface area (Å²) in [5, 5.41) is 9.89. The molecule has 0 amide bonds. The molecule has 0 radical (unpaired) electrons. The highest BCUT2D eigenvalue weighted by Crippen LogP contribution is 2.21. The Labute approximate surface area is 96.5 Å². The van der Waals surface area contributed by atoms with E-state index in [2.05, 4.69) is 4.98 Å². The second-order valence-corrected chi connectivity index (χ2v) is 4.34. The minimum absolute atomic E-state index is 0.427. The Morgan fingerprint density at radius 1 is 1.50 bits per heavy atom. The van der Waals surface area contributed by atoms with E-state index < -0.39 is 6.10 Å². The van der Waals surface area contributed by atoms with E-state index in [9.17, 15) is 5.11 Å². The molecule has 1 saturated heterocycles. The van der Waals surface area contributed by atoms with Crippen LogP contribution in [0.2, 0.25) is 0 Å². The lowest BCUT2D eigenvalue weighted by molar-refractivity contribution is 0.0939. The van der Waals surface area contributed by atoms with E-state index in [4.69, 9.17) is 4.74 Å². The number of hydrogen-bond acceptors (Lipinski definition) is 3. The molecule has 16 heavy (non-hydrogen) atoms. The summed E-state index contributed by atoms with van der Waals surface area (Å²) in [5.74, 6) is 0. The lowest BCUT2D eigenvalue weighted by Gasteiger charge is -2.12. The Bertz CT molecular complexity index is 296. The van der Waals surface area contributed by atoms with Gasteiger partial charge in [-0.25, -0.2) is 0 Å². The van der Waals surface area contributed by atoms with E-state index in [1.807, 2.05) is 18.2 Å². The van der Waals surface area contributed by atoms with Crippen molar-refractivity contribution >= 4 is 0 Å². The minimum Gasteiger partial charge on any atom is -0.387 e. The Morgan fingerprint density at radius 3 is 3.12 bits per heavy atom. The van der Waals surface area contributed by atoms with Gasteiger partial charge in [0, 0.05) is 12.8 Å². The van der Waals surface area contributed by atoms with Crippen molar-refractivity contribution in [3.63, 3.8) is 0 Å². The number of aliphatic hydroxyl groups is 1. The molecule has 0 saturated carbocycles. The number of hydrogen-bond donors (Lipinski definition) is 1. The monoisotopic (exact) mass is 221 g/mol. The quantitative estimate of drug-likeness (QED) is 0.830. The molecule has 2 rings (SSSR count). The molecular weight excluding hydrogens is 202 g/mol. The van der Waals surface area contributed by atoms with Gasteiger partial charge in [0.15, 0.2) is 0 Å². The molecule has 1 fully saturated rings. The van der Waals surface area contributed by atoms with Crippen LogP contribution in [0, 0.1) is 0 Å². The molecule has 0 spiro atoms. The maximum atomic E-state index is 9.89. The van der Waals surface area contributed by atoms with Crippen molar-refractivity contribution in [2.75, 3.05) is 6.61 Å². The molecule has 3 nitrogen and oxygen atoms in total. The fraction of sp³-hybridized carbons (Fsp3) is 0.615. The molecule has 1 aliphatic heterocycles. The van der Waals surface area contributed by atoms with Crippen molar-refractivity contribution in [3.05, 3.63) is 30.1 Å². The lowest BCUT2D eigenvalue weighted by atomic mass is 10.0. The third-order valence-corrected chi connectivity index (χ3v) is 3.06. The molecule has 2 unspecified atom stereocenters. The van der Waals surface area contributed by atoms with Crippen LogP contribution in [0.25, 0.3) is 0 Å². The number of pyridine rings is 1. The molecule has 88 valence electrons. The third-order valence-electron chi connectivity index (χ3n) is 3.06. The van der Waals surface area contributed by atoms with Crippen LogP contribution in [-0.2, 0) is 4.74 Å². The topological polar surface area (TPSA) is 42.4 Å². The van der Waals surface area contributed by atoms with E-state index in [0.29, 0.717) is 6.10 Å². The van der Waals surface area contributed by atoms with Crippen LogP contribution in [0.1, 0.15) is 43.9 Å². The molecule has 0 aliphatic carbocycles. The molecule has 1 aromatic heterocycles. The Balaban J connectivity index is 1.69. The number of nitrogens with zero attached hydrogens (tertiary/aromatic N) is 1. The van der Waals surface area contributed by atoms with Gasteiger partial charge in [0.25, 0.3) is 0 Å². The van der Waals surface area contributed by atoms with Crippen molar-refractivity contribution in [1.29, 1.82) is 0 Å². The van der Waals surface area contributed by atoms with E-state index in [1.165, 1.54) is 12.8 Å². The van der Waals surface area contributed by atoms with Crippen LogP contribution >= 0.6 is 0 Å². The predicted octanol–water partition coefficient (Wildman–Crippen LogP) is 2.46. The number of ether oxygens (including phenoxy) is 1. The van der Waals surface area contributed by atoms with Gasteiger partial charge in [0.05, 0.1) is 17.9 Å². The molecule has 2 heterocycles. The number of aromatic nitrogens is 1. The van der Waals surface area contributed by atoms with Crippen molar-refractivity contribution in [2.24, 2.45) is 0 Å². The summed E-state index contributed by atoms with van der Waals surface area (Å²) in [6.45, 7) is 0.910. The number of rotatable bonds is 5. The fourth-order valence-corrected chi connectivity index (χ4v) is 2.13. The maximum absolute atomic E-state index is 9.89. The molecule has 0 bridgehead atoms. The highest BCUT2D eigenvalue weighted by atomic mass is 16.5. The van der Waals surface area contributed by atoms with Gasteiger partial charge >= 0.3 is 0 Å². The van der Waals surface area contributed by atoms with Crippen LogP contribution in [0.5, 0.6) is 0 Å². The normalized spacial score (nSPS) is 22.2. The van der Waals surface area contributed by atoms with Crippen LogP contribution < -0.4 is 0 Å². The molecule has 1 aromatic rings. The van der Waals surface area contributed by atoms with E-state index in [1.54, 1.807) is 6.20 Å². The Kier molecular flexibility index (Phi) is 4.31. The van der Waals surface area contributed by atoms with Gasteiger partial charge in [-0.05, 0) is 44.2 Å². The highest BCUT2D eigenvalue weighted by Gasteiger charge is 2.16. The van der Waals surface area contributed by atoms with Crippen LogP contribution in [-0.4, -0.2) is 22.8 Å². The standard InChI is InChI=1S/C13H19NO2/c15-13(12-7-1-2-9-14-12)8-3-5-11-6-4-10-16-11/h1-2,7,9,11,13,15H,3-6,8,10H2. The summed E-state index contributed by atoms with van der Waals surface area (Å²) in [6.07, 6.45) is 6.92. The van der Waals surface area contributed by atoms with Crippen LogP contribution in [0.4, 0.5) is 0 Å². The molecule has 3 heteroatoms. The number of aliphatic hydroxyl groups excluding tert-OH is 1. The summed E-state index contributed by atoms with van der Waals surface area (Å²) >= 11 is 0. The van der Waals surface area contributed by atoms with Gasteiger partial charge in [-0.2, -0.15) is 0 Å². The van der Waals surface area contributed by atoms with Crippen molar-refractivity contribution in [1.82, 2.24) is 4.98 Å². The smallest absolute Gasteiger partial charge is 0.0959 e. The van der Waals surface area contributed by atoms with Crippen molar-refractivity contribution in [3.8, 4) is 0 Å². The molecule has 2 atom stereocenters. The zero-order valence-corrected chi connectivity index (χ0v) is 9.51. The predicted molar refractivity (Wildman–Crippen MR) is 62.0 cm³/mol. The average molecular weight is 221 g/mol. The highest BCUT2D eigenvalue weighted by molar-refractivity contribution is 5.06. The molecule has 0 aromatic carbocycles. The van der Waals surface area contributed by atoms with Gasteiger partial charge in [-0.1, -0.05) is 6.07 Å². The van der Waals surface area contributed by atoms with Gasteiger partial charge in [0.1, 0.15) is 0 Å². The van der Waals surface area contributed by atoms with Gasteiger partial charge in [0.2, 0.25) is 0 Å². The SMILES string of the molecule is OC(CCCC1CCCO1)c1ccccn1. The van der Waals surface area contributed by atoms with Crippen molar-refractivity contribution in [2.45, 2.75) is 44.3 Å². The first-order chi connectivity index (χ1) is 7.86. The fourth-order valence-electron chi connectivity index (χ4n) is 2.13. The summed E-state index contributed by atoms with van der Waals surface area (Å²) in [5.41, 5.74) is 0.773. The van der Waals surface area contributed by atoms with E-state index >= 15 is 0 Å². The zero-order valence-electron chi connectivity index (χ0n) is 9.51. The van der Waals surface area contributed by atoms with E-state index in [0.717, 1.165) is 31.6 Å². The minimum atomic E-state index is -0.428.